The number of aromatic amines is 1. The monoisotopic (exact) mass is 289 g/mol. The molecular formula is C22H11N. The van der Waals surface area contributed by atoms with Gasteiger partial charge in [0, 0.05) is 23.2 Å². The van der Waals surface area contributed by atoms with E-state index in [1.807, 2.05) is 0 Å². The Hall–Kier alpha value is -3.06. The molecule has 1 heteroatoms. The van der Waals surface area contributed by atoms with Gasteiger partial charge < -0.3 is 4.98 Å². The van der Waals surface area contributed by atoms with Crippen LogP contribution in [0.25, 0.3) is 64.6 Å². The highest BCUT2D eigenvalue weighted by Gasteiger charge is 2.21. The van der Waals surface area contributed by atoms with Crippen LogP contribution in [0.3, 0.4) is 0 Å². The van der Waals surface area contributed by atoms with Crippen molar-refractivity contribution in [3.05, 3.63) is 60.9 Å². The van der Waals surface area contributed by atoms with E-state index in [-0.39, 0.29) is 0 Å². The van der Waals surface area contributed by atoms with E-state index in [1.54, 1.807) is 0 Å². The molecule has 0 unspecified atom stereocenters. The Kier molecular flexibility index (Phi) is 1.46. The van der Waals surface area contributed by atoms with Gasteiger partial charge in [0.15, 0.2) is 0 Å². The van der Waals surface area contributed by atoms with E-state index in [2.05, 4.69) is 65.9 Å². The zero-order chi connectivity index (χ0) is 14.7. The second-order valence-electron chi connectivity index (χ2n) is 6.68. The van der Waals surface area contributed by atoms with Gasteiger partial charge in [0.25, 0.3) is 0 Å². The number of rotatable bonds is 0. The van der Waals surface area contributed by atoms with Crippen molar-refractivity contribution in [3.63, 3.8) is 0 Å². The van der Waals surface area contributed by atoms with Gasteiger partial charge in [0.2, 0.25) is 0 Å². The van der Waals surface area contributed by atoms with Gasteiger partial charge in [-0.15, -0.1) is 0 Å². The first-order valence-electron chi connectivity index (χ1n) is 8.05. The molecule has 1 N–H and O–H groups in total. The number of hydrogen-bond donors (Lipinski definition) is 1. The van der Waals surface area contributed by atoms with Gasteiger partial charge in [0.1, 0.15) is 0 Å². The first-order chi connectivity index (χ1) is 11.4. The quantitative estimate of drug-likeness (QED) is 0.318. The van der Waals surface area contributed by atoms with Crippen LogP contribution >= 0.6 is 0 Å². The lowest BCUT2D eigenvalue weighted by atomic mass is 9.95. The molecule has 1 heterocycles. The average Bonchev–Trinajstić information content (AvgIpc) is 3.22. The third-order valence-corrected chi connectivity index (χ3v) is 5.72. The number of aromatic nitrogens is 1. The first kappa shape index (κ1) is 10.6. The number of hydrogen-bond acceptors (Lipinski definition) is 0. The van der Waals surface area contributed by atoms with Crippen LogP contribution in [0.5, 0.6) is 0 Å². The normalized spacial score (nSPS) is 13.2. The predicted molar refractivity (Wildman–Crippen MR) is 99.4 cm³/mol. The predicted octanol–water partition coefficient (Wildman–Crippen LogP) is 6.25. The lowest BCUT2D eigenvalue weighted by Crippen LogP contribution is -1.79. The molecule has 23 heavy (non-hydrogen) atoms. The lowest BCUT2D eigenvalue weighted by Gasteiger charge is -2.07. The van der Waals surface area contributed by atoms with Gasteiger partial charge >= 0.3 is 0 Å². The van der Waals surface area contributed by atoms with Gasteiger partial charge in [-0.05, 0) is 53.9 Å². The van der Waals surface area contributed by atoms with Crippen molar-refractivity contribution >= 4 is 64.6 Å². The van der Waals surface area contributed by atoms with Crippen LogP contribution in [0.2, 0.25) is 0 Å². The zero-order valence-electron chi connectivity index (χ0n) is 12.3. The molecule has 0 aliphatic heterocycles. The van der Waals surface area contributed by atoms with Crippen LogP contribution < -0.4 is 0 Å². The molecule has 0 amide bonds. The van der Waals surface area contributed by atoms with Crippen molar-refractivity contribution in [1.29, 1.82) is 0 Å². The van der Waals surface area contributed by atoms with Crippen LogP contribution in [0.1, 0.15) is 0 Å². The molecule has 0 radical (unpaired) electrons. The number of nitrogens with one attached hydrogen (secondary N) is 1. The molecule has 6 aromatic carbocycles. The maximum Gasteiger partial charge on any atom is 0.00908 e. The van der Waals surface area contributed by atoms with Gasteiger partial charge in [-0.25, -0.2) is 0 Å². The fourth-order valence-corrected chi connectivity index (χ4v) is 4.83. The van der Waals surface area contributed by atoms with Crippen molar-refractivity contribution in [3.8, 4) is 0 Å². The molecule has 0 aliphatic carbocycles. The number of benzene rings is 5. The molecule has 1 nitrogen and oxygen atoms in total. The van der Waals surface area contributed by atoms with Crippen molar-refractivity contribution < 1.29 is 0 Å². The van der Waals surface area contributed by atoms with Gasteiger partial charge in [-0.1, -0.05) is 48.5 Å². The summed E-state index contributed by atoms with van der Waals surface area (Å²) in [6.07, 6.45) is 4.28. The smallest absolute Gasteiger partial charge is 0.00908 e. The van der Waals surface area contributed by atoms with Gasteiger partial charge in [-0.2, -0.15) is 0 Å². The maximum atomic E-state index is 3.31. The van der Waals surface area contributed by atoms with Crippen molar-refractivity contribution in [1.82, 2.24) is 4.98 Å². The molecule has 0 spiro atoms. The molecule has 0 saturated carbocycles. The molecule has 0 fully saturated rings. The Morgan fingerprint density at radius 2 is 0.783 bits per heavy atom. The van der Waals surface area contributed by atoms with Crippen LogP contribution in [0.15, 0.2) is 60.9 Å². The minimum Gasteiger partial charge on any atom is -0.366 e. The fourth-order valence-electron chi connectivity index (χ4n) is 4.83. The third kappa shape index (κ3) is 0.968. The van der Waals surface area contributed by atoms with E-state index >= 15 is 0 Å². The summed E-state index contributed by atoms with van der Waals surface area (Å²) in [6.45, 7) is 0. The molecule has 7 rings (SSSR count). The molecular weight excluding hydrogens is 278 g/mol. The standard InChI is InChI=1S/C22H11N/c1-3-12-5-7-14-16-9-23-10-17(16)15-8-6-13-4-2-11(1)18-19(12)21(14)22(15)20(13)18/h1-10,23H. The average molecular weight is 289 g/mol. The molecule has 0 saturated heterocycles. The van der Waals surface area contributed by atoms with Gasteiger partial charge in [-0.3, -0.25) is 0 Å². The van der Waals surface area contributed by atoms with Crippen LogP contribution in [-0.2, 0) is 0 Å². The topological polar surface area (TPSA) is 15.8 Å². The second kappa shape index (κ2) is 3.16. The summed E-state index contributed by atoms with van der Waals surface area (Å²) in [6, 6.07) is 18.2. The molecule has 0 atom stereocenters. The van der Waals surface area contributed by atoms with Crippen molar-refractivity contribution in [2.75, 3.05) is 0 Å². The number of H-pyrrole nitrogens is 1. The van der Waals surface area contributed by atoms with Gasteiger partial charge in [0.05, 0.1) is 0 Å². The summed E-state index contributed by atoms with van der Waals surface area (Å²) in [5, 5.41) is 16.7. The van der Waals surface area contributed by atoms with Crippen LogP contribution in [-0.4, -0.2) is 4.98 Å². The molecule has 0 bridgehead atoms. The fraction of sp³-hybridized carbons (Fsp3) is 0. The maximum absolute atomic E-state index is 3.31. The van der Waals surface area contributed by atoms with E-state index in [1.165, 1.54) is 64.6 Å². The number of fused-ring (bicyclic) bond motifs is 3. The third-order valence-electron chi connectivity index (χ3n) is 5.72. The van der Waals surface area contributed by atoms with E-state index in [0.29, 0.717) is 0 Å². The SMILES string of the molecule is c1cc2ccc3c4c[nH]cc4c4ccc5ccc1c1c2c3c4c51. The highest BCUT2D eigenvalue weighted by Crippen LogP contribution is 2.50. The molecule has 104 valence electrons. The van der Waals surface area contributed by atoms with E-state index in [4.69, 9.17) is 0 Å². The van der Waals surface area contributed by atoms with Crippen LogP contribution in [0, 0.1) is 0 Å². The Bertz CT molecular complexity index is 1390. The Morgan fingerprint density at radius 3 is 1.26 bits per heavy atom. The van der Waals surface area contributed by atoms with Crippen LogP contribution in [0.4, 0.5) is 0 Å². The van der Waals surface area contributed by atoms with E-state index in [9.17, 15) is 0 Å². The van der Waals surface area contributed by atoms with Crippen molar-refractivity contribution in [2.24, 2.45) is 0 Å². The summed E-state index contributed by atoms with van der Waals surface area (Å²) in [4.78, 5) is 3.31. The summed E-state index contributed by atoms with van der Waals surface area (Å²) >= 11 is 0. The molecule has 0 aliphatic rings. The Balaban J connectivity index is 2.12. The second-order valence-corrected chi connectivity index (χ2v) is 6.68. The highest BCUT2D eigenvalue weighted by atomic mass is 14.6. The van der Waals surface area contributed by atoms with Crippen molar-refractivity contribution in [2.45, 2.75) is 0 Å². The first-order valence-corrected chi connectivity index (χ1v) is 8.05. The largest absolute Gasteiger partial charge is 0.366 e. The summed E-state index contributed by atoms with van der Waals surface area (Å²) in [5.41, 5.74) is 0. The zero-order valence-corrected chi connectivity index (χ0v) is 12.3. The molecule has 1 aromatic heterocycles. The Labute approximate surface area is 131 Å². The van der Waals surface area contributed by atoms with E-state index in [0.717, 1.165) is 0 Å². The summed E-state index contributed by atoms with van der Waals surface area (Å²) in [7, 11) is 0. The minimum absolute atomic E-state index is 1.33. The molecule has 7 aromatic rings. The highest BCUT2D eigenvalue weighted by molar-refractivity contribution is 6.48. The summed E-state index contributed by atoms with van der Waals surface area (Å²) in [5.74, 6) is 0. The minimum atomic E-state index is 1.33. The Morgan fingerprint density at radius 1 is 0.391 bits per heavy atom. The van der Waals surface area contributed by atoms with E-state index < -0.39 is 0 Å². The summed E-state index contributed by atoms with van der Waals surface area (Å²) < 4.78 is 0. The lowest BCUT2D eigenvalue weighted by molar-refractivity contribution is 1.43.